The summed E-state index contributed by atoms with van der Waals surface area (Å²) in [5.41, 5.74) is 1.51. The molecule has 0 radical (unpaired) electrons. The maximum absolute atomic E-state index is 12.6. The average Bonchev–Trinajstić information content (AvgIpc) is 3.31. The molecule has 34 heavy (non-hydrogen) atoms. The lowest BCUT2D eigenvalue weighted by atomic mass is 9.73. The highest BCUT2D eigenvalue weighted by Crippen LogP contribution is 2.41. The van der Waals surface area contributed by atoms with E-state index >= 15 is 0 Å². The van der Waals surface area contributed by atoms with Crippen LogP contribution < -0.4 is 5.32 Å². The minimum absolute atomic E-state index is 0.0601. The lowest BCUT2D eigenvalue weighted by molar-refractivity contribution is -0.192. The van der Waals surface area contributed by atoms with Gasteiger partial charge in [-0.3, -0.25) is 9.69 Å². The summed E-state index contributed by atoms with van der Waals surface area (Å²) in [5.74, 6) is -0.672. The van der Waals surface area contributed by atoms with Gasteiger partial charge in [0.2, 0.25) is 5.82 Å². The maximum atomic E-state index is 12.6. The maximum Gasteiger partial charge on any atom is 0.490 e. The predicted octanol–water partition coefficient (Wildman–Crippen LogP) is 2.87. The number of furan rings is 1. The Balaban J connectivity index is 0.000000344. The van der Waals surface area contributed by atoms with Crippen LogP contribution >= 0.6 is 0 Å². The molecule has 1 saturated carbocycles. The van der Waals surface area contributed by atoms with E-state index in [-0.39, 0.29) is 11.3 Å². The minimum atomic E-state index is -5.08. The van der Waals surface area contributed by atoms with Gasteiger partial charge in [0, 0.05) is 31.6 Å². The summed E-state index contributed by atoms with van der Waals surface area (Å²) in [6.45, 7) is 4.78. The van der Waals surface area contributed by atoms with Crippen molar-refractivity contribution in [3.05, 3.63) is 35.8 Å². The van der Waals surface area contributed by atoms with E-state index in [9.17, 15) is 18.0 Å². The van der Waals surface area contributed by atoms with Gasteiger partial charge in [-0.25, -0.2) is 4.79 Å². The first kappa shape index (κ1) is 24.2. The van der Waals surface area contributed by atoms with Crippen LogP contribution in [0.15, 0.2) is 23.0 Å². The summed E-state index contributed by atoms with van der Waals surface area (Å²) in [7, 11) is 0. The van der Waals surface area contributed by atoms with E-state index in [1.54, 1.807) is 6.26 Å². The smallest absolute Gasteiger partial charge is 0.475 e. The van der Waals surface area contributed by atoms with Crippen LogP contribution in [0, 0.1) is 11.3 Å². The van der Waals surface area contributed by atoms with Crippen molar-refractivity contribution in [1.29, 1.82) is 0 Å². The van der Waals surface area contributed by atoms with Gasteiger partial charge >= 0.3 is 12.1 Å². The Bertz CT molecular complexity index is 993. The molecule has 2 N–H and O–H groups in total. The van der Waals surface area contributed by atoms with Crippen LogP contribution in [0.5, 0.6) is 0 Å². The average molecular weight is 483 g/mol. The molecule has 0 atom stereocenters. The van der Waals surface area contributed by atoms with Crippen LogP contribution in [0.4, 0.5) is 13.2 Å². The molecule has 0 bridgehead atoms. The van der Waals surface area contributed by atoms with Gasteiger partial charge in [0.05, 0.1) is 12.5 Å². The van der Waals surface area contributed by atoms with Crippen molar-refractivity contribution in [1.82, 2.24) is 25.0 Å². The summed E-state index contributed by atoms with van der Waals surface area (Å²) < 4.78 is 39.0. The molecule has 12 heteroatoms. The Morgan fingerprint density at radius 2 is 1.91 bits per heavy atom. The fourth-order valence-electron chi connectivity index (χ4n) is 4.52. The standard InChI is InChI=1S/C20H27N5O2.C2HF3O2/c26-19(21-11-15-1-2-15)18-23-22-17-3-5-20(14-25(17)18)6-8-24(9-7-20)12-16-4-10-27-13-16;3-2(4,5)1(6)7/h4,10,13,15H,1-3,5-9,11-12,14H2,(H,21,26);(H,6,7). The van der Waals surface area contributed by atoms with E-state index in [2.05, 4.69) is 25.0 Å². The number of amides is 1. The monoisotopic (exact) mass is 483 g/mol. The third kappa shape index (κ3) is 5.96. The van der Waals surface area contributed by atoms with Crippen LogP contribution in [0.25, 0.3) is 0 Å². The molecular formula is C22H28F3N5O4. The number of aryl methyl sites for hydroxylation is 1. The molecule has 0 unspecified atom stereocenters. The van der Waals surface area contributed by atoms with E-state index in [1.165, 1.54) is 18.4 Å². The third-order valence-electron chi connectivity index (χ3n) is 6.80. The van der Waals surface area contributed by atoms with Gasteiger partial charge in [-0.1, -0.05) is 0 Å². The van der Waals surface area contributed by atoms with Crippen LogP contribution in [0.2, 0.25) is 0 Å². The van der Waals surface area contributed by atoms with Gasteiger partial charge in [0.25, 0.3) is 5.91 Å². The minimum Gasteiger partial charge on any atom is -0.475 e. The van der Waals surface area contributed by atoms with E-state index in [0.717, 1.165) is 64.2 Å². The van der Waals surface area contributed by atoms with Crippen molar-refractivity contribution in [3.63, 3.8) is 0 Å². The number of carbonyl (C=O) groups excluding carboxylic acids is 1. The van der Waals surface area contributed by atoms with E-state index in [0.29, 0.717) is 11.7 Å². The molecule has 2 fully saturated rings. The predicted molar refractivity (Wildman–Crippen MR) is 113 cm³/mol. The molecule has 1 spiro atoms. The van der Waals surface area contributed by atoms with Gasteiger partial charge in [0.15, 0.2) is 0 Å². The van der Waals surface area contributed by atoms with Gasteiger partial charge in [-0.05, 0) is 62.6 Å². The van der Waals surface area contributed by atoms with E-state index in [4.69, 9.17) is 14.3 Å². The molecule has 1 saturated heterocycles. The number of hydrogen-bond acceptors (Lipinski definition) is 6. The highest BCUT2D eigenvalue weighted by Gasteiger charge is 2.40. The Morgan fingerprint density at radius 1 is 1.21 bits per heavy atom. The SMILES string of the molecule is O=C(NCC1CC1)c1nnc2n1CC1(CC2)CCN(Cc2ccoc2)CC1.O=C(O)C(F)(F)F. The Morgan fingerprint density at radius 3 is 2.50 bits per heavy atom. The van der Waals surface area contributed by atoms with Crippen LogP contribution in [0.3, 0.4) is 0 Å². The zero-order chi connectivity index (χ0) is 24.3. The van der Waals surface area contributed by atoms with E-state index in [1.807, 2.05) is 12.3 Å². The van der Waals surface area contributed by atoms with Gasteiger partial charge in [0.1, 0.15) is 5.82 Å². The number of carbonyl (C=O) groups is 2. The Kier molecular flexibility index (Phi) is 6.96. The second kappa shape index (κ2) is 9.77. The summed E-state index contributed by atoms with van der Waals surface area (Å²) in [5, 5.41) is 18.7. The van der Waals surface area contributed by atoms with Crippen molar-refractivity contribution in [2.24, 2.45) is 11.3 Å². The molecule has 5 rings (SSSR count). The fraction of sp³-hybridized carbons (Fsp3) is 0.636. The number of fused-ring (bicyclic) bond motifs is 1. The number of piperidine rings is 1. The fourth-order valence-corrected chi connectivity index (χ4v) is 4.52. The zero-order valence-electron chi connectivity index (χ0n) is 18.7. The molecule has 9 nitrogen and oxygen atoms in total. The van der Waals surface area contributed by atoms with Crippen molar-refractivity contribution in [2.75, 3.05) is 19.6 Å². The van der Waals surface area contributed by atoms with Crippen molar-refractivity contribution >= 4 is 11.9 Å². The van der Waals surface area contributed by atoms with Crippen LogP contribution in [-0.4, -0.2) is 62.5 Å². The van der Waals surface area contributed by atoms with Crippen molar-refractivity contribution in [2.45, 2.75) is 57.8 Å². The highest BCUT2D eigenvalue weighted by molar-refractivity contribution is 5.90. The number of hydrogen-bond donors (Lipinski definition) is 2. The topological polar surface area (TPSA) is 113 Å². The van der Waals surface area contributed by atoms with E-state index < -0.39 is 12.1 Å². The third-order valence-corrected chi connectivity index (χ3v) is 6.80. The highest BCUT2D eigenvalue weighted by atomic mass is 19.4. The Hall–Kier alpha value is -2.89. The number of rotatable bonds is 5. The van der Waals surface area contributed by atoms with Crippen molar-refractivity contribution < 1.29 is 32.3 Å². The Labute approximate surface area is 194 Å². The lowest BCUT2D eigenvalue weighted by Gasteiger charge is -2.44. The number of aliphatic carboxylic acids is 1. The summed E-state index contributed by atoms with van der Waals surface area (Å²) in [6, 6.07) is 2.04. The molecule has 186 valence electrons. The number of carboxylic acid groups (broad SMARTS) is 1. The number of halogens is 3. The molecule has 4 heterocycles. The number of carboxylic acids is 1. The molecular weight excluding hydrogens is 455 g/mol. The number of likely N-dealkylation sites (tertiary alicyclic amines) is 1. The summed E-state index contributed by atoms with van der Waals surface area (Å²) >= 11 is 0. The first-order valence-electron chi connectivity index (χ1n) is 11.4. The number of alkyl halides is 3. The molecule has 2 aromatic heterocycles. The molecule has 0 aromatic carbocycles. The normalized spacial score (nSPS) is 19.7. The quantitative estimate of drug-likeness (QED) is 0.672. The molecule has 2 aromatic rings. The first-order chi connectivity index (χ1) is 16.2. The van der Waals surface area contributed by atoms with Gasteiger partial charge in [-0.15, -0.1) is 10.2 Å². The second-order valence-corrected chi connectivity index (χ2v) is 9.39. The van der Waals surface area contributed by atoms with Crippen LogP contribution in [-0.2, 0) is 24.3 Å². The zero-order valence-corrected chi connectivity index (χ0v) is 18.7. The number of aromatic nitrogens is 3. The lowest BCUT2D eigenvalue weighted by Crippen LogP contribution is -2.44. The summed E-state index contributed by atoms with van der Waals surface area (Å²) in [6.07, 6.45) is 5.34. The molecule has 1 amide bonds. The molecule has 1 aliphatic carbocycles. The second-order valence-electron chi connectivity index (χ2n) is 9.39. The van der Waals surface area contributed by atoms with Crippen LogP contribution in [0.1, 0.15) is 54.1 Å². The summed E-state index contributed by atoms with van der Waals surface area (Å²) in [4.78, 5) is 24.0. The van der Waals surface area contributed by atoms with Crippen molar-refractivity contribution in [3.8, 4) is 0 Å². The number of nitrogens with one attached hydrogen (secondary N) is 1. The number of nitrogens with zero attached hydrogens (tertiary/aromatic N) is 4. The van der Waals surface area contributed by atoms with Gasteiger partial charge in [-0.2, -0.15) is 13.2 Å². The first-order valence-corrected chi connectivity index (χ1v) is 11.4. The largest absolute Gasteiger partial charge is 0.490 e. The molecule has 2 aliphatic heterocycles. The van der Waals surface area contributed by atoms with Gasteiger partial charge < -0.3 is 19.4 Å². The molecule has 3 aliphatic rings.